The van der Waals surface area contributed by atoms with Gasteiger partial charge in [0, 0.05) is 32.6 Å². The van der Waals surface area contributed by atoms with Gasteiger partial charge in [-0.15, -0.1) is 0 Å². The van der Waals surface area contributed by atoms with Crippen LogP contribution in [-0.4, -0.2) is 23.4 Å². The van der Waals surface area contributed by atoms with E-state index >= 15 is 0 Å². The minimum atomic E-state index is -0.216. The first-order valence-electron chi connectivity index (χ1n) is 11.3. The average molecular weight is 444 g/mol. The molecule has 3 amide bonds. The molecule has 4 rings (SSSR count). The molecule has 0 bridgehead atoms. The SMILES string of the molecule is O=C(NCc1ccc(COc2ccccc2)cc1)NCc1cccc(CN2CCCC2=O)c1. The minimum Gasteiger partial charge on any atom is -0.489 e. The monoisotopic (exact) mass is 443 g/mol. The molecular weight excluding hydrogens is 414 g/mol. The lowest BCUT2D eigenvalue weighted by molar-refractivity contribution is -0.128. The smallest absolute Gasteiger partial charge is 0.315 e. The summed E-state index contributed by atoms with van der Waals surface area (Å²) in [6, 6.07) is 25.5. The van der Waals surface area contributed by atoms with E-state index < -0.39 is 0 Å². The van der Waals surface area contributed by atoms with Crippen LogP contribution in [0.25, 0.3) is 0 Å². The number of ether oxygens (including phenoxy) is 1. The summed E-state index contributed by atoms with van der Waals surface area (Å²) in [6.45, 7) is 2.84. The molecule has 6 nitrogen and oxygen atoms in total. The van der Waals surface area contributed by atoms with E-state index in [1.807, 2.05) is 83.8 Å². The summed E-state index contributed by atoms with van der Waals surface area (Å²) in [6.07, 6.45) is 1.58. The number of likely N-dealkylation sites (tertiary alicyclic amines) is 1. The number of hydrogen-bond donors (Lipinski definition) is 2. The second kappa shape index (κ2) is 11.2. The maximum atomic E-state index is 12.2. The van der Waals surface area contributed by atoms with E-state index in [4.69, 9.17) is 4.74 Å². The van der Waals surface area contributed by atoms with Crippen molar-refractivity contribution in [2.75, 3.05) is 6.54 Å². The lowest BCUT2D eigenvalue weighted by Crippen LogP contribution is -2.34. The van der Waals surface area contributed by atoms with Gasteiger partial charge in [-0.25, -0.2) is 4.79 Å². The molecule has 2 N–H and O–H groups in total. The number of amides is 3. The molecule has 1 heterocycles. The Kier molecular flexibility index (Phi) is 7.59. The third kappa shape index (κ3) is 6.84. The minimum absolute atomic E-state index is 0.216. The Morgan fingerprint density at radius 3 is 2.24 bits per heavy atom. The molecule has 0 aliphatic carbocycles. The Morgan fingerprint density at radius 2 is 1.52 bits per heavy atom. The Morgan fingerprint density at radius 1 is 0.818 bits per heavy atom. The first-order chi connectivity index (χ1) is 16.2. The number of para-hydroxylation sites is 1. The van der Waals surface area contributed by atoms with E-state index in [-0.39, 0.29) is 11.9 Å². The van der Waals surface area contributed by atoms with Crippen LogP contribution in [0.1, 0.15) is 35.1 Å². The standard InChI is InChI=1S/C27H29N3O3/c31-26-10-5-15-30(26)19-24-7-4-6-23(16-24)18-29-27(32)28-17-21-11-13-22(14-12-21)20-33-25-8-2-1-3-9-25/h1-4,6-9,11-14,16H,5,10,15,17-20H2,(H2,28,29,32). The maximum absolute atomic E-state index is 12.2. The maximum Gasteiger partial charge on any atom is 0.315 e. The molecule has 0 saturated carbocycles. The Bertz CT molecular complexity index is 1070. The molecule has 0 aromatic heterocycles. The van der Waals surface area contributed by atoms with Gasteiger partial charge in [0.25, 0.3) is 0 Å². The summed E-state index contributed by atoms with van der Waals surface area (Å²) in [7, 11) is 0. The first-order valence-corrected chi connectivity index (χ1v) is 11.3. The summed E-state index contributed by atoms with van der Waals surface area (Å²) in [5.41, 5.74) is 4.19. The van der Waals surface area contributed by atoms with E-state index in [1.54, 1.807) is 0 Å². The van der Waals surface area contributed by atoms with Gasteiger partial charge in [0.05, 0.1) is 0 Å². The van der Waals surface area contributed by atoms with Crippen molar-refractivity contribution in [2.24, 2.45) is 0 Å². The quantitative estimate of drug-likeness (QED) is 0.515. The summed E-state index contributed by atoms with van der Waals surface area (Å²) >= 11 is 0. The Labute approximate surface area is 194 Å². The van der Waals surface area contributed by atoms with E-state index in [9.17, 15) is 9.59 Å². The van der Waals surface area contributed by atoms with E-state index in [2.05, 4.69) is 10.6 Å². The van der Waals surface area contributed by atoms with Crippen LogP contribution >= 0.6 is 0 Å². The summed E-state index contributed by atoms with van der Waals surface area (Å²) in [5, 5.41) is 5.79. The lowest BCUT2D eigenvalue weighted by Gasteiger charge is -2.16. The van der Waals surface area contributed by atoms with Crippen molar-refractivity contribution in [1.82, 2.24) is 15.5 Å². The number of nitrogens with one attached hydrogen (secondary N) is 2. The summed E-state index contributed by atoms with van der Waals surface area (Å²) in [5.74, 6) is 1.06. The molecule has 0 unspecified atom stereocenters. The molecule has 170 valence electrons. The molecule has 1 aliphatic heterocycles. The van der Waals surface area contributed by atoms with Crippen molar-refractivity contribution in [3.8, 4) is 5.75 Å². The number of rotatable bonds is 9. The first kappa shape index (κ1) is 22.4. The molecule has 1 aliphatic rings. The van der Waals surface area contributed by atoms with Crippen molar-refractivity contribution in [2.45, 2.75) is 39.1 Å². The highest BCUT2D eigenvalue weighted by Crippen LogP contribution is 2.15. The Hall–Kier alpha value is -3.80. The highest BCUT2D eigenvalue weighted by atomic mass is 16.5. The predicted octanol–water partition coefficient (Wildman–Crippen LogP) is 4.39. The highest BCUT2D eigenvalue weighted by Gasteiger charge is 2.19. The molecule has 33 heavy (non-hydrogen) atoms. The van der Waals surface area contributed by atoms with Gasteiger partial charge in [-0.3, -0.25) is 4.79 Å². The zero-order valence-electron chi connectivity index (χ0n) is 18.6. The molecule has 6 heteroatoms. The van der Waals surface area contributed by atoms with Gasteiger partial charge < -0.3 is 20.3 Å². The fraction of sp³-hybridized carbons (Fsp3) is 0.259. The van der Waals surface area contributed by atoms with E-state index in [0.29, 0.717) is 32.7 Å². The molecule has 3 aromatic rings. The van der Waals surface area contributed by atoms with Crippen LogP contribution in [-0.2, 0) is 31.0 Å². The number of carbonyl (C=O) groups excluding carboxylic acids is 2. The number of benzene rings is 3. The fourth-order valence-corrected chi connectivity index (χ4v) is 3.79. The lowest BCUT2D eigenvalue weighted by atomic mass is 10.1. The van der Waals surface area contributed by atoms with Crippen molar-refractivity contribution in [3.63, 3.8) is 0 Å². The molecule has 0 atom stereocenters. The second-order valence-electron chi connectivity index (χ2n) is 8.19. The molecule has 0 spiro atoms. The molecule has 3 aromatic carbocycles. The number of carbonyl (C=O) groups is 2. The summed E-state index contributed by atoms with van der Waals surface area (Å²) in [4.78, 5) is 25.9. The second-order valence-corrected chi connectivity index (χ2v) is 8.19. The Balaban J connectivity index is 1.19. The van der Waals surface area contributed by atoms with Gasteiger partial charge in [-0.05, 0) is 40.8 Å². The average Bonchev–Trinajstić information content (AvgIpc) is 3.25. The molecule has 0 radical (unpaired) electrons. The van der Waals surface area contributed by atoms with Crippen LogP contribution in [0.4, 0.5) is 4.79 Å². The van der Waals surface area contributed by atoms with Gasteiger partial charge in [-0.1, -0.05) is 66.7 Å². The normalized spacial score (nSPS) is 13.1. The van der Waals surface area contributed by atoms with E-state index in [1.165, 1.54) is 0 Å². The zero-order chi connectivity index (χ0) is 22.9. The van der Waals surface area contributed by atoms with Crippen LogP contribution in [0.3, 0.4) is 0 Å². The van der Waals surface area contributed by atoms with Gasteiger partial charge in [0.1, 0.15) is 12.4 Å². The third-order valence-electron chi connectivity index (χ3n) is 5.61. The van der Waals surface area contributed by atoms with Gasteiger partial charge in [0.2, 0.25) is 5.91 Å². The van der Waals surface area contributed by atoms with Crippen LogP contribution in [0, 0.1) is 0 Å². The number of hydrogen-bond acceptors (Lipinski definition) is 3. The predicted molar refractivity (Wildman–Crippen MR) is 127 cm³/mol. The molecular formula is C27H29N3O3. The highest BCUT2D eigenvalue weighted by molar-refractivity contribution is 5.78. The fourth-order valence-electron chi connectivity index (χ4n) is 3.79. The van der Waals surface area contributed by atoms with Crippen molar-refractivity contribution < 1.29 is 14.3 Å². The van der Waals surface area contributed by atoms with Crippen molar-refractivity contribution in [3.05, 3.63) is 101 Å². The van der Waals surface area contributed by atoms with Gasteiger partial charge in [0.15, 0.2) is 0 Å². The van der Waals surface area contributed by atoms with Crippen LogP contribution in [0.15, 0.2) is 78.9 Å². The zero-order valence-corrected chi connectivity index (χ0v) is 18.6. The molecule has 1 fully saturated rings. The van der Waals surface area contributed by atoms with E-state index in [0.717, 1.165) is 41.0 Å². The van der Waals surface area contributed by atoms with Crippen LogP contribution in [0.5, 0.6) is 5.75 Å². The molecule has 1 saturated heterocycles. The van der Waals surface area contributed by atoms with Crippen LogP contribution < -0.4 is 15.4 Å². The third-order valence-corrected chi connectivity index (χ3v) is 5.61. The summed E-state index contributed by atoms with van der Waals surface area (Å²) < 4.78 is 5.76. The van der Waals surface area contributed by atoms with Crippen molar-refractivity contribution >= 4 is 11.9 Å². The topological polar surface area (TPSA) is 70.7 Å². The largest absolute Gasteiger partial charge is 0.489 e. The number of urea groups is 1. The van der Waals surface area contributed by atoms with Gasteiger partial charge >= 0.3 is 6.03 Å². The number of nitrogens with zero attached hydrogens (tertiary/aromatic N) is 1. The van der Waals surface area contributed by atoms with Crippen LogP contribution in [0.2, 0.25) is 0 Å². The van der Waals surface area contributed by atoms with Gasteiger partial charge in [-0.2, -0.15) is 0 Å². The van der Waals surface area contributed by atoms with Crippen molar-refractivity contribution in [1.29, 1.82) is 0 Å².